The summed E-state index contributed by atoms with van der Waals surface area (Å²) in [6.45, 7) is 6.06. The Kier molecular flexibility index (Phi) is 4.59. The summed E-state index contributed by atoms with van der Waals surface area (Å²) in [6.07, 6.45) is 0. The number of benzene rings is 2. The molecule has 0 spiro atoms. The van der Waals surface area contributed by atoms with Crippen LogP contribution in [0.4, 0.5) is 5.69 Å². The first-order valence-corrected chi connectivity index (χ1v) is 10.2. The molecule has 7 heteroatoms. The highest BCUT2D eigenvalue weighted by Gasteiger charge is 2.17. The Balaban J connectivity index is 1.51. The van der Waals surface area contributed by atoms with E-state index in [0.717, 1.165) is 43.1 Å². The van der Waals surface area contributed by atoms with Crippen LogP contribution in [0.15, 0.2) is 59.4 Å². The van der Waals surface area contributed by atoms with Crippen molar-refractivity contribution < 1.29 is 0 Å². The number of nitrogens with zero attached hydrogens (tertiary/aromatic N) is 5. The first-order chi connectivity index (χ1) is 14.6. The molecule has 1 fully saturated rings. The van der Waals surface area contributed by atoms with Crippen molar-refractivity contribution in [3.05, 3.63) is 70.6 Å². The summed E-state index contributed by atoms with van der Waals surface area (Å²) in [7, 11) is 2.15. The van der Waals surface area contributed by atoms with Crippen LogP contribution < -0.4 is 10.5 Å². The van der Waals surface area contributed by atoms with Gasteiger partial charge in [-0.2, -0.15) is 5.10 Å². The van der Waals surface area contributed by atoms with E-state index in [-0.39, 0.29) is 5.56 Å². The van der Waals surface area contributed by atoms with Crippen molar-refractivity contribution in [2.24, 2.45) is 0 Å². The molecule has 30 heavy (non-hydrogen) atoms. The Morgan fingerprint density at radius 3 is 2.30 bits per heavy atom. The number of hydrogen-bond acceptors (Lipinski definition) is 5. The zero-order valence-electron chi connectivity index (χ0n) is 17.2. The molecule has 7 nitrogen and oxygen atoms in total. The summed E-state index contributed by atoms with van der Waals surface area (Å²) in [6, 6.07) is 17.9. The quantitative estimate of drug-likeness (QED) is 0.573. The summed E-state index contributed by atoms with van der Waals surface area (Å²) >= 11 is 0. The van der Waals surface area contributed by atoms with Crippen LogP contribution in [0.5, 0.6) is 0 Å². The van der Waals surface area contributed by atoms with Gasteiger partial charge in [-0.05, 0) is 50.4 Å². The number of aromatic amines is 1. The number of aryl methyl sites for hydroxylation is 1. The minimum absolute atomic E-state index is 0.192. The number of hydrogen-bond donors (Lipinski definition) is 1. The molecule has 152 valence electrons. The molecule has 0 aliphatic carbocycles. The van der Waals surface area contributed by atoms with Crippen LogP contribution in [0.2, 0.25) is 0 Å². The first kappa shape index (κ1) is 18.6. The molecule has 1 aliphatic rings. The Bertz CT molecular complexity index is 1230. The lowest BCUT2D eigenvalue weighted by Gasteiger charge is -2.34. The molecule has 0 amide bonds. The average Bonchev–Trinajstić information content (AvgIpc) is 3.12. The van der Waals surface area contributed by atoms with Crippen LogP contribution in [-0.2, 0) is 0 Å². The standard InChI is InChI=1S/C23H24N6O/c1-16-20-21(29(26-16)19-6-4-3-5-7-19)23(30)25-22(24-20)17-8-10-18(11-9-17)28-14-12-27(2)13-15-28/h3-11H,12-15H2,1-2H3,(H,24,25,30). The third-order valence-electron chi connectivity index (χ3n) is 5.71. The number of likely N-dealkylation sites (N-methyl/N-ethyl adjacent to an activating group) is 1. The fourth-order valence-corrected chi connectivity index (χ4v) is 3.95. The number of aromatic nitrogens is 4. The van der Waals surface area contributed by atoms with Crippen LogP contribution in [0.25, 0.3) is 28.1 Å². The van der Waals surface area contributed by atoms with E-state index < -0.39 is 0 Å². The van der Waals surface area contributed by atoms with Gasteiger partial charge in [0.15, 0.2) is 5.52 Å². The largest absolute Gasteiger partial charge is 0.369 e. The molecule has 2 aromatic heterocycles. The molecule has 0 saturated carbocycles. The van der Waals surface area contributed by atoms with Crippen molar-refractivity contribution in [2.75, 3.05) is 38.1 Å². The molecule has 0 radical (unpaired) electrons. The maximum absolute atomic E-state index is 13.0. The summed E-state index contributed by atoms with van der Waals surface area (Å²) in [5.41, 5.74) is 4.56. The van der Waals surface area contributed by atoms with Gasteiger partial charge in [-0.25, -0.2) is 9.67 Å². The molecule has 4 aromatic rings. The maximum Gasteiger partial charge on any atom is 0.277 e. The molecule has 1 aliphatic heterocycles. The van der Waals surface area contributed by atoms with E-state index in [1.807, 2.05) is 49.4 Å². The Hall–Kier alpha value is -3.45. The second-order valence-corrected chi connectivity index (χ2v) is 7.78. The lowest BCUT2D eigenvalue weighted by Crippen LogP contribution is -2.44. The lowest BCUT2D eigenvalue weighted by molar-refractivity contribution is 0.313. The third kappa shape index (κ3) is 3.27. The summed E-state index contributed by atoms with van der Waals surface area (Å²) in [5, 5.41) is 4.56. The predicted octanol–water partition coefficient (Wildman–Crippen LogP) is 2.84. The molecule has 0 unspecified atom stereocenters. The Labute approximate surface area is 174 Å². The number of para-hydroxylation sites is 1. The van der Waals surface area contributed by atoms with Gasteiger partial charge in [0.25, 0.3) is 5.56 Å². The zero-order chi connectivity index (χ0) is 20.7. The highest BCUT2D eigenvalue weighted by atomic mass is 16.1. The number of H-pyrrole nitrogens is 1. The van der Waals surface area contributed by atoms with Crippen LogP contribution in [0, 0.1) is 6.92 Å². The monoisotopic (exact) mass is 400 g/mol. The van der Waals surface area contributed by atoms with Crippen LogP contribution in [-0.4, -0.2) is 57.9 Å². The molecular weight excluding hydrogens is 376 g/mol. The van der Waals surface area contributed by atoms with Crippen molar-refractivity contribution >= 4 is 16.7 Å². The molecule has 0 atom stereocenters. The Morgan fingerprint density at radius 2 is 1.60 bits per heavy atom. The van der Waals surface area contributed by atoms with Crippen molar-refractivity contribution in [1.82, 2.24) is 24.6 Å². The highest BCUT2D eigenvalue weighted by molar-refractivity contribution is 5.80. The smallest absolute Gasteiger partial charge is 0.277 e. The molecule has 1 N–H and O–H groups in total. The van der Waals surface area contributed by atoms with Gasteiger partial charge >= 0.3 is 0 Å². The number of fused-ring (bicyclic) bond motifs is 1. The van der Waals surface area contributed by atoms with Gasteiger partial charge in [0, 0.05) is 37.4 Å². The van der Waals surface area contributed by atoms with E-state index in [9.17, 15) is 4.79 Å². The maximum atomic E-state index is 13.0. The van der Waals surface area contributed by atoms with Crippen molar-refractivity contribution in [2.45, 2.75) is 6.92 Å². The van der Waals surface area contributed by atoms with Gasteiger partial charge in [-0.3, -0.25) is 4.79 Å². The summed E-state index contributed by atoms with van der Waals surface area (Å²) in [4.78, 5) is 25.4. The van der Waals surface area contributed by atoms with E-state index in [2.05, 4.69) is 39.1 Å². The van der Waals surface area contributed by atoms with Crippen LogP contribution in [0.1, 0.15) is 5.69 Å². The first-order valence-electron chi connectivity index (χ1n) is 10.2. The van der Waals surface area contributed by atoms with Crippen molar-refractivity contribution in [3.8, 4) is 17.1 Å². The van der Waals surface area contributed by atoms with E-state index in [1.165, 1.54) is 5.69 Å². The highest BCUT2D eigenvalue weighted by Crippen LogP contribution is 2.24. The molecule has 5 rings (SSSR count). The molecule has 1 saturated heterocycles. The van der Waals surface area contributed by atoms with Crippen LogP contribution in [0.3, 0.4) is 0 Å². The summed E-state index contributed by atoms with van der Waals surface area (Å²) < 4.78 is 1.66. The number of anilines is 1. The number of piperazine rings is 1. The Morgan fingerprint density at radius 1 is 0.900 bits per heavy atom. The fraction of sp³-hybridized carbons (Fsp3) is 0.261. The van der Waals surface area contributed by atoms with Crippen molar-refractivity contribution in [3.63, 3.8) is 0 Å². The van der Waals surface area contributed by atoms with Gasteiger partial charge in [0.1, 0.15) is 11.3 Å². The normalized spacial score (nSPS) is 15.1. The molecular formula is C23H24N6O. The number of nitrogens with one attached hydrogen (secondary N) is 1. The van der Waals surface area contributed by atoms with E-state index in [1.54, 1.807) is 4.68 Å². The van der Waals surface area contributed by atoms with Gasteiger partial charge in [0.05, 0.1) is 11.4 Å². The average molecular weight is 400 g/mol. The fourth-order valence-electron chi connectivity index (χ4n) is 3.95. The minimum atomic E-state index is -0.192. The van der Waals surface area contributed by atoms with Crippen LogP contribution >= 0.6 is 0 Å². The topological polar surface area (TPSA) is 70.1 Å². The van der Waals surface area contributed by atoms with E-state index >= 15 is 0 Å². The second-order valence-electron chi connectivity index (χ2n) is 7.78. The lowest BCUT2D eigenvalue weighted by atomic mass is 10.1. The van der Waals surface area contributed by atoms with Gasteiger partial charge in [-0.15, -0.1) is 0 Å². The predicted molar refractivity (Wildman–Crippen MR) is 119 cm³/mol. The molecule has 2 aromatic carbocycles. The minimum Gasteiger partial charge on any atom is -0.369 e. The SMILES string of the molecule is Cc1nn(-c2ccccc2)c2c(=O)[nH]c(-c3ccc(N4CCN(C)CC4)cc3)nc12. The van der Waals surface area contributed by atoms with Crippen molar-refractivity contribution in [1.29, 1.82) is 0 Å². The van der Waals surface area contributed by atoms with Gasteiger partial charge in [-0.1, -0.05) is 18.2 Å². The second kappa shape index (κ2) is 7.42. The van der Waals surface area contributed by atoms with Gasteiger partial charge < -0.3 is 14.8 Å². The zero-order valence-corrected chi connectivity index (χ0v) is 17.2. The van der Waals surface area contributed by atoms with E-state index in [0.29, 0.717) is 16.9 Å². The molecule has 0 bridgehead atoms. The third-order valence-corrected chi connectivity index (χ3v) is 5.71. The summed E-state index contributed by atoms with van der Waals surface area (Å²) in [5.74, 6) is 0.563. The van der Waals surface area contributed by atoms with E-state index in [4.69, 9.17) is 4.98 Å². The van der Waals surface area contributed by atoms with Gasteiger partial charge in [0.2, 0.25) is 0 Å². The molecule has 3 heterocycles. The number of rotatable bonds is 3.